The number of carbonyl (C=O) groups excluding carboxylic acids is 4. The maximum Gasteiger partial charge on any atom is 0.318 e. The van der Waals surface area contributed by atoms with Crippen LogP contribution < -0.4 is 16.0 Å². The second-order valence-electron chi connectivity index (χ2n) is 8.12. The van der Waals surface area contributed by atoms with Crippen LogP contribution in [0, 0.1) is 5.92 Å². The van der Waals surface area contributed by atoms with Crippen LogP contribution in [0.3, 0.4) is 0 Å². The Balaban J connectivity index is 2.70. The first-order valence-corrected chi connectivity index (χ1v) is 10.6. The number of morpholine rings is 1. The standard InChI is InChI=1S/C20H37N5O5/c1-6-15(17(26)19(28)21-7-8-24(4)5)22-18(27)16(13-14(2)3)23-20(29)25-9-11-30-12-10-25/h14-16H,6-13H2,1-5H3,(H,21,28)(H,22,27)(H,23,29)/t15-,16-/m0/s1. The summed E-state index contributed by atoms with van der Waals surface area (Å²) in [5, 5.41) is 7.98. The van der Waals surface area contributed by atoms with Crippen molar-refractivity contribution >= 4 is 23.6 Å². The molecule has 0 saturated carbocycles. The fourth-order valence-corrected chi connectivity index (χ4v) is 2.97. The molecule has 1 aliphatic rings. The van der Waals surface area contributed by atoms with Gasteiger partial charge in [-0.3, -0.25) is 14.4 Å². The normalized spacial score (nSPS) is 16.2. The minimum atomic E-state index is -0.938. The highest BCUT2D eigenvalue weighted by Gasteiger charge is 2.30. The zero-order chi connectivity index (χ0) is 22.7. The van der Waals surface area contributed by atoms with E-state index < -0.39 is 29.7 Å². The molecule has 0 aromatic carbocycles. The molecule has 1 rings (SSSR count). The monoisotopic (exact) mass is 427 g/mol. The zero-order valence-electron chi connectivity index (χ0n) is 18.8. The van der Waals surface area contributed by atoms with Gasteiger partial charge in [-0.2, -0.15) is 0 Å². The summed E-state index contributed by atoms with van der Waals surface area (Å²) in [6.45, 7) is 8.41. The maximum atomic E-state index is 12.8. The van der Waals surface area contributed by atoms with Crippen molar-refractivity contribution in [2.45, 2.75) is 45.7 Å². The second-order valence-corrected chi connectivity index (χ2v) is 8.12. The lowest BCUT2D eigenvalue weighted by atomic mass is 10.0. The molecule has 10 heteroatoms. The summed E-state index contributed by atoms with van der Waals surface area (Å²) in [6, 6.07) is -2.06. The molecule has 1 aliphatic heterocycles. The molecule has 3 N–H and O–H groups in total. The SMILES string of the molecule is CC[C@H](NC(=O)[C@H](CC(C)C)NC(=O)N1CCOCC1)C(=O)C(=O)NCCN(C)C. The number of rotatable bonds is 11. The largest absolute Gasteiger partial charge is 0.378 e. The average Bonchev–Trinajstić information content (AvgIpc) is 2.70. The topological polar surface area (TPSA) is 120 Å². The van der Waals surface area contributed by atoms with E-state index in [1.54, 1.807) is 11.8 Å². The van der Waals surface area contributed by atoms with Crippen molar-refractivity contribution in [1.29, 1.82) is 0 Å². The summed E-state index contributed by atoms with van der Waals surface area (Å²) in [5.74, 6) is -1.73. The molecule has 1 fully saturated rings. The highest BCUT2D eigenvalue weighted by atomic mass is 16.5. The van der Waals surface area contributed by atoms with Crippen LogP contribution in [0.4, 0.5) is 4.79 Å². The van der Waals surface area contributed by atoms with Crippen LogP contribution in [0.15, 0.2) is 0 Å². The van der Waals surface area contributed by atoms with Gasteiger partial charge in [0.05, 0.1) is 19.3 Å². The van der Waals surface area contributed by atoms with Crippen LogP contribution >= 0.6 is 0 Å². The zero-order valence-corrected chi connectivity index (χ0v) is 18.8. The van der Waals surface area contributed by atoms with Gasteiger partial charge in [-0.1, -0.05) is 20.8 Å². The van der Waals surface area contributed by atoms with Gasteiger partial charge in [0.15, 0.2) is 0 Å². The van der Waals surface area contributed by atoms with Crippen molar-refractivity contribution in [1.82, 2.24) is 25.8 Å². The molecule has 30 heavy (non-hydrogen) atoms. The van der Waals surface area contributed by atoms with Crippen molar-refractivity contribution < 1.29 is 23.9 Å². The van der Waals surface area contributed by atoms with E-state index in [0.717, 1.165) is 0 Å². The van der Waals surface area contributed by atoms with E-state index in [4.69, 9.17) is 4.74 Å². The van der Waals surface area contributed by atoms with Crippen molar-refractivity contribution in [3.05, 3.63) is 0 Å². The van der Waals surface area contributed by atoms with E-state index in [1.165, 1.54) is 0 Å². The van der Waals surface area contributed by atoms with Crippen LogP contribution in [0.5, 0.6) is 0 Å². The summed E-state index contributed by atoms with van der Waals surface area (Å²) >= 11 is 0. The Kier molecular flexibility index (Phi) is 11.3. The highest BCUT2D eigenvalue weighted by Crippen LogP contribution is 2.08. The summed E-state index contributed by atoms with van der Waals surface area (Å²) in [5.41, 5.74) is 0. The molecule has 0 bridgehead atoms. The quantitative estimate of drug-likeness (QED) is 0.386. The molecule has 4 amide bonds. The molecule has 1 heterocycles. The Bertz CT molecular complexity index is 590. The third-order valence-electron chi connectivity index (χ3n) is 4.73. The van der Waals surface area contributed by atoms with Crippen LogP contribution in [0.1, 0.15) is 33.6 Å². The number of carbonyl (C=O) groups is 4. The van der Waals surface area contributed by atoms with Crippen molar-refractivity contribution in [2.24, 2.45) is 5.92 Å². The van der Waals surface area contributed by atoms with Crippen molar-refractivity contribution in [3.8, 4) is 0 Å². The van der Waals surface area contributed by atoms with E-state index in [0.29, 0.717) is 45.8 Å². The number of nitrogens with zero attached hydrogens (tertiary/aromatic N) is 2. The molecule has 0 spiro atoms. The molecule has 0 aromatic heterocycles. The first-order chi connectivity index (χ1) is 14.1. The van der Waals surface area contributed by atoms with Gasteiger partial charge in [0.2, 0.25) is 11.7 Å². The number of nitrogens with one attached hydrogen (secondary N) is 3. The fourth-order valence-electron chi connectivity index (χ4n) is 2.97. The van der Waals surface area contributed by atoms with E-state index in [2.05, 4.69) is 16.0 Å². The van der Waals surface area contributed by atoms with Gasteiger partial charge in [0, 0.05) is 26.2 Å². The number of ether oxygens (including phenoxy) is 1. The molecule has 0 unspecified atom stereocenters. The van der Waals surface area contributed by atoms with E-state index >= 15 is 0 Å². The maximum absolute atomic E-state index is 12.8. The number of hydrogen-bond donors (Lipinski definition) is 3. The molecule has 172 valence electrons. The van der Waals surface area contributed by atoms with E-state index in [-0.39, 0.29) is 18.4 Å². The summed E-state index contributed by atoms with van der Waals surface area (Å²) in [4.78, 5) is 53.4. The molecule has 0 radical (unpaired) electrons. The Morgan fingerprint density at radius 2 is 1.67 bits per heavy atom. The van der Waals surface area contributed by atoms with Crippen LogP contribution in [0.25, 0.3) is 0 Å². The minimum Gasteiger partial charge on any atom is -0.378 e. The number of amides is 4. The molecular weight excluding hydrogens is 390 g/mol. The van der Waals surface area contributed by atoms with Gasteiger partial charge in [-0.05, 0) is 32.9 Å². The number of urea groups is 1. The summed E-state index contributed by atoms with van der Waals surface area (Å²) in [7, 11) is 3.73. The Morgan fingerprint density at radius 3 is 2.20 bits per heavy atom. The van der Waals surface area contributed by atoms with Gasteiger partial charge in [0.25, 0.3) is 5.91 Å². The summed E-state index contributed by atoms with van der Waals surface area (Å²) < 4.78 is 5.24. The Morgan fingerprint density at radius 1 is 1.03 bits per heavy atom. The number of Topliss-reactive ketones (excluding diaryl/α,β-unsaturated/α-hetero) is 1. The van der Waals surface area contributed by atoms with E-state index in [9.17, 15) is 19.2 Å². The van der Waals surface area contributed by atoms with Gasteiger partial charge < -0.3 is 30.5 Å². The molecule has 10 nitrogen and oxygen atoms in total. The average molecular weight is 428 g/mol. The van der Waals surface area contributed by atoms with Gasteiger partial charge >= 0.3 is 6.03 Å². The Labute approximate surface area is 179 Å². The molecule has 0 aliphatic carbocycles. The lowest BCUT2D eigenvalue weighted by Gasteiger charge is -2.30. The van der Waals surface area contributed by atoms with Gasteiger partial charge in [-0.15, -0.1) is 0 Å². The van der Waals surface area contributed by atoms with E-state index in [1.807, 2.05) is 32.8 Å². The molecule has 1 saturated heterocycles. The lowest BCUT2D eigenvalue weighted by Crippen LogP contribution is -2.56. The highest BCUT2D eigenvalue weighted by molar-refractivity contribution is 6.38. The van der Waals surface area contributed by atoms with Crippen LogP contribution in [-0.4, -0.2) is 99.0 Å². The number of likely N-dealkylation sites (N-methyl/N-ethyl adjacent to an activating group) is 1. The molecule has 2 atom stereocenters. The van der Waals surface area contributed by atoms with Crippen molar-refractivity contribution in [3.63, 3.8) is 0 Å². The lowest BCUT2D eigenvalue weighted by molar-refractivity contribution is -0.140. The fraction of sp³-hybridized carbons (Fsp3) is 0.800. The molecular formula is C20H37N5O5. The first kappa shape index (κ1) is 25.8. The predicted molar refractivity (Wildman–Crippen MR) is 113 cm³/mol. The summed E-state index contributed by atoms with van der Waals surface area (Å²) in [6.07, 6.45) is 0.694. The van der Waals surface area contributed by atoms with Gasteiger partial charge in [-0.25, -0.2) is 4.79 Å². The Hall–Kier alpha value is -2.20. The first-order valence-electron chi connectivity index (χ1n) is 10.6. The van der Waals surface area contributed by atoms with Crippen molar-refractivity contribution in [2.75, 3.05) is 53.5 Å². The smallest absolute Gasteiger partial charge is 0.318 e. The number of ketones is 1. The minimum absolute atomic E-state index is 0.149. The van der Waals surface area contributed by atoms with Gasteiger partial charge in [0.1, 0.15) is 6.04 Å². The van der Waals surface area contributed by atoms with Crippen LogP contribution in [-0.2, 0) is 19.1 Å². The predicted octanol–water partition coefficient (Wildman–Crippen LogP) is -0.415. The molecule has 0 aromatic rings. The van der Waals surface area contributed by atoms with Crippen LogP contribution in [0.2, 0.25) is 0 Å². The number of hydrogen-bond acceptors (Lipinski definition) is 6. The third-order valence-corrected chi connectivity index (χ3v) is 4.73. The third kappa shape index (κ3) is 9.08. The second kappa shape index (κ2) is 13.2.